The molecular formula is C14H19N3O2S2. The molecule has 114 valence electrons. The second kappa shape index (κ2) is 5.21. The number of thiophene rings is 1. The quantitative estimate of drug-likeness (QED) is 0.883. The fourth-order valence-electron chi connectivity index (χ4n) is 2.57. The summed E-state index contributed by atoms with van der Waals surface area (Å²) in [6, 6.07) is 2.01. The average Bonchev–Trinajstić information content (AvgIpc) is 2.98. The summed E-state index contributed by atoms with van der Waals surface area (Å²) in [7, 11) is -2.94. The highest BCUT2D eigenvalue weighted by Gasteiger charge is 2.45. The zero-order valence-electron chi connectivity index (χ0n) is 12.2. The van der Waals surface area contributed by atoms with Crippen molar-refractivity contribution in [3.05, 3.63) is 17.3 Å². The third-order valence-corrected chi connectivity index (χ3v) is 5.79. The molecule has 0 aliphatic heterocycles. The maximum absolute atomic E-state index is 11.5. The fraction of sp³-hybridized carbons (Fsp3) is 0.571. The van der Waals surface area contributed by atoms with Crippen molar-refractivity contribution >= 4 is 37.2 Å². The van der Waals surface area contributed by atoms with Crippen molar-refractivity contribution in [3.8, 4) is 0 Å². The highest BCUT2D eigenvalue weighted by Crippen LogP contribution is 2.46. The first-order valence-corrected chi connectivity index (χ1v) is 10.0. The topological polar surface area (TPSA) is 72.0 Å². The molecule has 1 aliphatic rings. The Morgan fingerprint density at radius 3 is 2.76 bits per heavy atom. The Hall–Kier alpha value is -1.21. The zero-order valence-corrected chi connectivity index (χ0v) is 13.9. The second-order valence-corrected chi connectivity index (χ2v) is 8.94. The van der Waals surface area contributed by atoms with Crippen molar-refractivity contribution in [1.29, 1.82) is 0 Å². The van der Waals surface area contributed by atoms with E-state index in [0.29, 0.717) is 6.54 Å². The van der Waals surface area contributed by atoms with Gasteiger partial charge in [-0.05, 0) is 24.3 Å². The molecule has 1 fully saturated rings. The fourth-order valence-corrected chi connectivity index (χ4v) is 4.85. The van der Waals surface area contributed by atoms with Gasteiger partial charge >= 0.3 is 0 Å². The Labute approximate surface area is 128 Å². The number of aryl methyl sites for hydroxylation is 1. The number of nitrogens with zero attached hydrogens (tertiary/aromatic N) is 2. The van der Waals surface area contributed by atoms with Gasteiger partial charge in [0.05, 0.1) is 11.1 Å². The van der Waals surface area contributed by atoms with Gasteiger partial charge in [-0.2, -0.15) is 0 Å². The summed E-state index contributed by atoms with van der Waals surface area (Å²) in [4.78, 5) is 10.0. The van der Waals surface area contributed by atoms with Crippen LogP contribution in [0.3, 0.4) is 0 Å². The molecule has 1 saturated carbocycles. The summed E-state index contributed by atoms with van der Waals surface area (Å²) < 4.78 is 23.0. The van der Waals surface area contributed by atoms with Gasteiger partial charge in [-0.3, -0.25) is 0 Å². The van der Waals surface area contributed by atoms with E-state index < -0.39 is 9.84 Å². The van der Waals surface area contributed by atoms with Crippen LogP contribution in [0.15, 0.2) is 11.4 Å². The molecule has 21 heavy (non-hydrogen) atoms. The van der Waals surface area contributed by atoms with Crippen molar-refractivity contribution in [2.45, 2.75) is 26.2 Å². The van der Waals surface area contributed by atoms with Gasteiger partial charge in [0.2, 0.25) is 0 Å². The molecule has 7 heteroatoms. The van der Waals surface area contributed by atoms with Gasteiger partial charge in [0.15, 0.2) is 0 Å². The number of aromatic nitrogens is 2. The summed E-state index contributed by atoms with van der Waals surface area (Å²) in [5.74, 6) is 1.91. The van der Waals surface area contributed by atoms with Crippen molar-refractivity contribution < 1.29 is 8.42 Å². The minimum absolute atomic E-state index is 0.104. The Morgan fingerprint density at radius 2 is 2.14 bits per heavy atom. The number of sulfone groups is 1. The largest absolute Gasteiger partial charge is 0.369 e. The Bertz CT molecular complexity index is 764. The minimum Gasteiger partial charge on any atom is -0.369 e. The monoisotopic (exact) mass is 325 g/mol. The Morgan fingerprint density at radius 1 is 1.38 bits per heavy atom. The van der Waals surface area contributed by atoms with Gasteiger partial charge in [-0.15, -0.1) is 11.3 Å². The van der Waals surface area contributed by atoms with Crippen LogP contribution in [0.4, 0.5) is 5.82 Å². The maximum atomic E-state index is 11.5. The first kappa shape index (κ1) is 14.7. The molecule has 3 rings (SSSR count). The van der Waals surface area contributed by atoms with Crippen LogP contribution in [0, 0.1) is 5.41 Å². The zero-order chi connectivity index (χ0) is 15.1. The molecule has 2 heterocycles. The summed E-state index contributed by atoms with van der Waals surface area (Å²) in [5, 5.41) is 6.39. The van der Waals surface area contributed by atoms with E-state index in [1.165, 1.54) is 6.26 Å². The number of rotatable bonds is 6. The summed E-state index contributed by atoms with van der Waals surface area (Å²) in [5.41, 5.74) is -0.104. The van der Waals surface area contributed by atoms with Gasteiger partial charge in [0.25, 0.3) is 0 Å². The lowest BCUT2D eigenvalue weighted by Gasteiger charge is -2.16. The van der Waals surface area contributed by atoms with Crippen LogP contribution < -0.4 is 5.32 Å². The van der Waals surface area contributed by atoms with Gasteiger partial charge in [-0.25, -0.2) is 18.4 Å². The SMILES string of the molecule is CCc1nc(NCC2(CS(C)(=O)=O)CC2)c2ccsc2n1. The highest BCUT2D eigenvalue weighted by atomic mass is 32.2. The van der Waals surface area contributed by atoms with Crippen molar-refractivity contribution in [1.82, 2.24) is 9.97 Å². The number of anilines is 1. The van der Waals surface area contributed by atoms with E-state index in [9.17, 15) is 8.42 Å². The summed E-state index contributed by atoms with van der Waals surface area (Å²) in [6.45, 7) is 2.69. The number of nitrogens with one attached hydrogen (secondary N) is 1. The molecular weight excluding hydrogens is 306 g/mol. The lowest BCUT2D eigenvalue weighted by atomic mass is 10.1. The summed E-state index contributed by atoms with van der Waals surface area (Å²) in [6.07, 6.45) is 4.03. The molecule has 0 aromatic carbocycles. The van der Waals surface area contributed by atoms with Crippen LogP contribution in [-0.4, -0.2) is 36.9 Å². The van der Waals surface area contributed by atoms with Gasteiger partial charge in [0.1, 0.15) is 26.3 Å². The Kier molecular flexibility index (Phi) is 3.65. The molecule has 0 radical (unpaired) electrons. The maximum Gasteiger partial charge on any atom is 0.148 e. The normalized spacial score (nSPS) is 17.0. The lowest BCUT2D eigenvalue weighted by molar-refractivity contribution is 0.560. The van der Waals surface area contributed by atoms with Crippen molar-refractivity contribution in [2.24, 2.45) is 5.41 Å². The van der Waals surface area contributed by atoms with Crippen molar-refractivity contribution in [3.63, 3.8) is 0 Å². The lowest BCUT2D eigenvalue weighted by Crippen LogP contribution is -2.24. The van der Waals surface area contributed by atoms with E-state index in [1.54, 1.807) is 11.3 Å². The van der Waals surface area contributed by atoms with E-state index in [2.05, 4.69) is 15.3 Å². The van der Waals surface area contributed by atoms with E-state index in [-0.39, 0.29) is 11.2 Å². The van der Waals surface area contributed by atoms with Gasteiger partial charge in [0, 0.05) is 24.6 Å². The van der Waals surface area contributed by atoms with Crippen LogP contribution in [0.5, 0.6) is 0 Å². The number of hydrogen-bond donors (Lipinski definition) is 1. The number of hydrogen-bond acceptors (Lipinski definition) is 6. The van der Waals surface area contributed by atoms with E-state index >= 15 is 0 Å². The van der Waals surface area contributed by atoms with Gasteiger partial charge < -0.3 is 5.32 Å². The molecule has 2 aromatic rings. The smallest absolute Gasteiger partial charge is 0.148 e. The first-order chi connectivity index (χ1) is 9.91. The van der Waals surface area contributed by atoms with E-state index in [0.717, 1.165) is 41.1 Å². The molecule has 0 unspecified atom stereocenters. The molecule has 0 saturated heterocycles. The molecule has 0 amide bonds. The minimum atomic E-state index is -2.94. The molecule has 0 atom stereocenters. The first-order valence-electron chi connectivity index (χ1n) is 7.06. The van der Waals surface area contributed by atoms with Crippen LogP contribution in [0.2, 0.25) is 0 Å². The standard InChI is InChI=1S/C14H19N3O2S2/c1-3-11-16-12(10-4-7-20-13(10)17-11)15-8-14(5-6-14)9-21(2,18)19/h4,7H,3,5-6,8-9H2,1-2H3,(H,15,16,17). The molecule has 5 nitrogen and oxygen atoms in total. The van der Waals surface area contributed by atoms with E-state index in [1.807, 2.05) is 18.4 Å². The summed E-state index contributed by atoms with van der Waals surface area (Å²) >= 11 is 1.60. The van der Waals surface area contributed by atoms with Crippen LogP contribution in [0.1, 0.15) is 25.6 Å². The molecule has 2 aromatic heterocycles. The van der Waals surface area contributed by atoms with Gasteiger partial charge in [-0.1, -0.05) is 6.92 Å². The van der Waals surface area contributed by atoms with Crippen molar-refractivity contribution in [2.75, 3.05) is 23.9 Å². The number of fused-ring (bicyclic) bond motifs is 1. The molecule has 0 spiro atoms. The van der Waals surface area contributed by atoms with Crippen LogP contribution in [0.25, 0.3) is 10.2 Å². The predicted octanol–water partition coefficient (Wildman–Crippen LogP) is 2.49. The third kappa shape index (κ3) is 3.35. The molecule has 0 bridgehead atoms. The predicted molar refractivity (Wildman–Crippen MR) is 86.7 cm³/mol. The molecule has 1 N–H and O–H groups in total. The average molecular weight is 325 g/mol. The molecule has 1 aliphatic carbocycles. The van der Waals surface area contributed by atoms with Crippen LogP contribution in [-0.2, 0) is 16.3 Å². The highest BCUT2D eigenvalue weighted by molar-refractivity contribution is 7.90. The van der Waals surface area contributed by atoms with Crippen LogP contribution >= 0.6 is 11.3 Å². The Balaban J connectivity index is 1.81. The second-order valence-electron chi connectivity index (χ2n) is 5.91. The van der Waals surface area contributed by atoms with E-state index in [4.69, 9.17) is 0 Å². The third-order valence-electron chi connectivity index (χ3n) is 3.84.